The highest BCUT2D eigenvalue weighted by Gasteiger charge is 2.38. The largest absolute Gasteiger partial charge is 0.389 e. The molecule has 2 aromatic rings. The molecule has 0 spiro atoms. The van der Waals surface area contributed by atoms with Gasteiger partial charge in [-0.1, -0.05) is 30.3 Å². The number of aliphatic hydroxyl groups is 1. The quantitative estimate of drug-likeness (QED) is 0.672. The van der Waals surface area contributed by atoms with Crippen molar-refractivity contribution in [1.29, 1.82) is 0 Å². The predicted molar refractivity (Wildman–Crippen MR) is 123 cm³/mol. The van der Waals surface area contributed by atoms with Crippen molar-refractivity contribution in [1.82, 2.24) is 10.2 Å². The number of hydrogen-bond donors (Lipinski definition) is 2. The second kappa shape index (κ2) is 11.4. The lowest BCUT2D eigenvalue weighted by Gasteiger charge is -2.44. The molecule has 1 amide bonds. The molecule has 0 saturated carbocycles. The van der Waals surface area contributed by atoms with Gasteiger partial charge in [0.25, 0.3) is 0 Å². The Labute approximate surface area is 198 Å². The third-order valence-corrected chi connectivity index (χ3v) is 6.56. The number of benzene rings is 2. The molecule has 0 aromatic heterocycles. The van der Waals surface area contributed by atoms with E-state index in [9.17, 15) is 18.7 Å². The third kappa shape index (κ3) is 6.39. The molecule has 2 saturated heterocycles. The molecule has 2 fully saturated rings. The first-order chi connectivity index (χ1) is 16.4. The van der Waals surface area contributed by atoms with Gasteiger partial charge in [0.1, 0.15) is 11.6 Å². The maximum atomic E-state index is 14.3. The standard InChI is InChI=1S/C26H32F2N2O4/c1-17(18-5-3-2-4-6-18)29-26(32)12-22-8-10-24-25(34-22)16-33-15-21(31)14-30(24)13-19-11-20(27)7-9-23(19)28/h2-7,9,11,17,21-22,24-25,31H,8,10,12-16H2,1H3,(H,29,32)/t17-,21+,22-,24+,25-/m0/s1. The summed E-state index contributed by atoms with van der Waals surface area (Å²) in [6.07, 6.45) is 0.255. The van der Waals surface area contributed by atoms with Gasteiger partial charge in [-0.05, 0) is 43.5 Å². The Morgan fingerprint density at radius 3 is 2.76 bits per heavy atom. The van der Waals surface area contributed by atoms with Gasteiger partial charge in [0.05, 0.1) is 44.0 Å². The predicted octanol–water partition coefficient (Wildman–Crippen LogP) is 3.34. The average Bonchev–Trinajstić information content (AvgIpc) is 2.80. The molecule has 5 atom stereocenters. The van der Waals surface area contributed by atoms with Crippen molar-refractivity contribution in [3.8, 4) is 0 Å². The molecule has 6 nitrogen and oxygen atoms in total. The highest BCUT2D eigenvalue weighted by molar-refractivity contribution is 5.77. The number of β-amino-alcohol motifs (C(OH)–C–C–N with tert-alkyl or cyclic N) is 1. The minimum absolute atomic E-state index is 0.0827. The van der Waals surface area contributed by atoms with E-state index in [-0.39, 0.29) is 68.5 Å². The summed E-state index contributed by atoms with van der Waals surface area (Å²) in [5.41, 5.74) is 1.27. The van der Waals surface area contributed by atoms with Gasteiger partial charge in [-0.3, -0.25) is 9.69 Å². The zero-order valence-corrected chi connectivity index (χ0v) is 19.3. The first kappa shape index (κ1) is 24.7. The molecule has 2 N–H and O–H groups in total. The van der Waals surface area contributed by atoms with E-state index in [1.165, 1.54) is 6.07 Å². The number of carbonyl (C=O) groups is 1. The maximum Gasteiger partial charge on any atom is 0.223 e. The Bertz CT molecular complexity index is 961. The van der Waals surface area contributed by atoms with E-state index in [1.807, 2.05) is 42.2 Å². The number of amides is 1. The molecular weight excluding hydrogens is 442 g/mol. The Morgan fingerprint density at radius 1 is 1.18 bits per heavy atom. The molecule has 0 bridgehead atoms. The number of halogens is 2. The van der Waals surface area contributed by atoms with Crippen LogP contribution in [-0.2, 0) is 20.8 Å². The summed E-state index contributed by atoms with van der Waals surface area (Å²) in [6, 6.07) is 12.9. The summed E-state index contributed by atoms with van der Waals surface area (Å²) in [5.74, 6) is -1.06. The molecular formula is C26H32F2N2O4. The van der Waals surface area contributed by atoms with E-state index in [0.29, 0.717) is 12.8 Å². The van der Waals surface area contributed by atoms with Crippen LogP contribution in [0.2, 0.25) is 0 Å². The van der Waals surface area contributed by atoms with E-state index in [2.05, 4.69) is 5.32 Å². The van der Waals surface area contributed by atoms with Crippen LogP contribution in [0.5, 0.6) is 0 Å². The second-order valence-corrected chi connectivity index (χ2v) is 9.20. The van der Waals surface area contributed by atoms with E-state index in [0.717, 1.165) is 17.7 Å². The highest BCUT2D eigenvalue weighted by Crippen LogP contribution is 2.29. The van der Waals surface area contributed by atoms with Crippen LogP contribution in [0.25, 0.3) is 0 Å². The summed E-state index contributed by atoms with van der Waals surface area (Å²) in [5, 5.41) is 13.3. The van der Waals surface area contributed by atoms with Crippen LogP contribution >= 0.6 is 0 Å². The zero-order valence-electron chi connectivity index (χ0n) is 19.3. The van der Waals surface area contributed by atoms with Gasteiger partial charge >= 0.3 is 0 Å². The van der Waals surface area contributed by atoms with Crippen molar-refractivity contribution in [2.24, 2.45) is 0 Å². The number of aliphatic hydroxyl groups excluding tert-OH is 1. The molecule has 4 rings (SSSR count). The fourth-order valence-corrected chi connectivity index (χ4v) is 4.84. The molecule has 2 aliphatic heterocycles. The van der Waals surface area contributed by atoms with E-state index in [1.54, 1.807) is 0 Å². The van der Waals surface area contributed by atoms with E-state index in [4.69, 9.17) is 9.47 Å². The van der Waals surface area contributed by atoms with Gasteiger partial charge in [-0.15, -0.1) is 0 Å². The van der Waals surface area contributed by atoms with Crippen molar-refractivity contribution in [2.45, 2.75) is 63.1 Å². The summed E-state index contributed by atoms with van der Waals surface area (Å²) in [7, 11) is 0. The number of ether oxygens (including phenoxy) is 2. The minimum Gasteiger partial charge on any atom is -0.389 e. The van der Waals surface area contributed by atoms with Crippen LogP contribution < -0.4 is 5.32 Å². The molecule has 8 heteroatoms. The number of hydrogen-bond acceptors (Lipinski definition) is 5. The second-order valence-electron chi connectivity index (χ2n) is 9.20. The normalized spacial score (nSPS) is 26.7. The summed E-state index contributed by atoms with van der Waals surface area (Å²) < 4.78 is 39.9. The molecule has 2 aliphatic rings. The lowest BCUT2D eigenvalue weighted by atomic mass is 9.94. The molecule has 0 unspecified atom stereocenters. The van der Waals surface area contributed by atoms with Crippen molar-refractivity contribution >= 4 is 5.91 Å². The van der Waals surface area contributed by atoms with Gasteiger partial charge in [0.2, 0.25) is 5.91 Å². The molecule has 0 radical (unpaired) electrons. The van der Waals surface area contributed by atoms with Crippen LogP contribution in [0.3, 0.4) is 0 Å². The number of rotatable bonds is 6. The Hall–Kier alpha value is -2.39. The van der Waals surface area contributed by atoms with Crippen molar-refractivity contribution in [3.05, 3.63) is 71.3 Å². The zero-order chi connectivity index (χ0) is 24.1. The lowest BCUT2D eigenvalue weighted by Crippen LogP contribution is -2.55. The fourth-order valence-electron chi connectivity index (χ4n) is 4.84. The summed E-state index contributed by atoms with van der Waals surface area (Å²) in [4.78, 5) is 14.6. The first-order valence-corrected chi connectivity index (χ1v) is 11.8. The molecule has 0 aliphatic carbocycles. The van der Waals surface area contributed by atoms with Gasteiger partial charge in [-0.25, -0.2) is 8.78 Å². The molecule has 2 heterocycles. The highest BCUT2D eigenvalue weighted by atomic mass is 19.1. The van der Waals surface area contributed by atoms with Gasteiger partial charge in [-0.2, -0.15) is 0 Å². The first-order valence-electron chi connectivity index (χ1n) is 11.8. The SMILES string of the molecule is C[C@H](NC(=O)C[C@@H]1CC[C@@H]2[C@H](COC[C@H](O)CN2Cc2cc(F)ccc2F)O1)c1ccccc1. The Balaban J connectivity index is 1.39. The summed E-state index contributed by atoms with van der Waals surface area (Å²) >= 11 is 0. The minimum atomic E-state index is -0.736. The molecule has 2 aromatic carbocycles. The third-order valence-electron chi connectivity index (χ3n) is 6.56. The topological polar surface area (TPSA) is 71.0 Å². The van der Waals surface area contributed by atoms with E-state index < -0.39 is 17.7 Å². The molecule has 184 valence electrons. The van der Waals surface area contributed by atoms with Crippen LogP contribution in [-0.4, -0.2) is 60.0 Å². The number of fused-ring (bicyclic) bond motifs is 1. The van der Waals surface area contributed by atoms with Crippen LogP contribution in [0.1, 0.15) is 43.4 Å². The maximum absolute atomic E-state index is 14.3. The average molecular weight is 475 g/mol. The van der Waals surface area contributed by atoms with Gasteiger partial charge < -0.3 is 19.9 Å². The van der Waals surface area contributed by atoms with Crippen molar-refractivity contribution in [3.63, 3.8) is 0 Å². The van der Waals surface area contributed by atoms with Crippen LogP contribution in [0.4, 0.5) is 8.78 Å². The Morgan fingerprint density at radius 2 is 1.97 bits per heavy atom. The van der Waals surface area contributed by atoms with E-state index >= 15 is 0 Å². The number of nitrogens with one attached hydrogen (secondary N) is 1. The van der Waals surface area contributed by atoms with Gasteiger partial charge in [0.15, 0.2) is 0 Å². The van der Waals surface area contributed by atoms with Crippen molar-refractivity contribution < 1.29 is 28.2 Å². The van der Waals surface area contributed by atoms with Crippen molar-refractivity contribution in [2.75, 3.05) is 19.8 Å². The smallest absolute Gasteiger partial charge is 0.223 e. The Kier molecular flexibility index (Phi) is 8.26. The number of nitrogens with zero attached hydrogens (tertiary/aromatic N) is 1. The summed E-state index contributed by atoms with van der Waals surface area (Å²) in [6.45, 7) is 2.77. The monoisotopic (exact) mass is 474 g/mol. The lowest BCUT2D eigenvalue weighted by molar-refractivity contribution is -0.158. The fraction of sp³-hybridized carbons (Fsp3) is 0.500. The molecule has 34 heavy (non-hydrogen) atoms. The van der Waals surface area contributed by atoms with Crippen LogP contribution in [0, 0.1) is 11.6 Å². The van der Waals surface area contributed by atoms with Crippen LogP contribution in [0.15, 0.2) is 48.5 Å². The number of carbonyl (C=O) groups excluding carboxylic acids is 1. The van der Waals surface area contributed by atoms with Gasteiger partial charge in [0, 0.05) is 24.7 Å².